The van der Waals surface area contributed by atoms with Crippen molar-refractivity contribution in [1.29, 1.82) is 0 Å². The van der Waals surface area contributed by atoms with Gasteiger partial charge in [-0.05, 0) is 61.4 Å². The number of amidine groups is 1. The number of halogens is 4. The highest BCUT2D eigenvalue weighted by atomic mass is 79.9. The van der Waals surface area contributed by atoms with Gasteiger partial charge in [0.1, 0.15) is 18.0 Å². The van der Waals surface area contributed by atoms with E-state index in [0.29, 0.717) is 34.8 Å². The number of hydrogen-bond donors (Lipinski definition) is 0. The molecule has 9 nitrogen and oxygen atoms in total. The molecule has 0 bridgehead atoms. The molecule has 5 aromatic rings. The topological polar surface area (TPSA) is 92.3 Å². The van der Waals surface area contributed by atoms with Gasteiger partial charge in [0.05, 0.1) is 29.7 Å². The molecule has 0 spiro atoms. The molecule has 0 saturated carbocycles. The normalized spacial score (nSPS) is 16.4. The highest BCUT2D eigenvalue weighted by Crippen LogP contribution is 2.36. The SMILES string of the molecule is C[C@@H]1Cc2c(n3ncc(Cc4ccccc4)c3n(-c3ccc(C4=NCC(=O)N4C)cc3)c2=O)CN1C(=O)c1ccc(Br)c(C(F)(F)F)c1. The maximum absolute atomic E-state index is 14.5. The number of fused-ring (bicyclic) bond motifs is 3. The molecule has 3 aromatic carbocycles. The number of hydrogen-bond acceptors (Lipinski definition) is 5. The second kappa shape index (κ2) is 11.9. The molecule has 7 rings (SSSR count). The van der Waals surface area contributed by atoms with Crippen LogP contribution in [-0.4, -0.2) is 61.3 Å². The highest BCUT2D eigenvalue weighted by molar-refractivity contribution is 9.10. The predicted molar refractivity (Wildman–Crippen MR) is 176 cm³/mol. The van der Waals surface area contributed by atoms with Crippen LogP contribution >= 0.6 is 15.9 Å². The van der Waals surface area contributed by atoms with Crippen molar-refractivity contribution in [3.05, 3.63) is 133 Å². The van der Waals surface area contributed by atoms with E-state index in [4.69, 9.17) is 5.10 Å². The van der Waals surface area contributed by atoms with Gasteiger partial charge >= 0.3 is 6.18 Å². The summed E-state index contributed by atoms with van der Waals surface area (Å²) in [6.45, 7) is 1.84. The predicted octanol–water partition coefficient (Wildman–Crippen LogP) is 5.66. The molecule has 0 aliphatic carbocycles. The zero-order valence-electron chi connectivity index (χ0n) is 25.8. The summed E-state index contributed by atoms with van der Waals surface area (Å²) in [6.07, 6.45) is -2.29. The first-order valence-corrected chi connectivity index (χ1v) is 16.0. The fourth-order valence-electron chi connectivity index (χ4n) is 6.40. The summed E-state index contributed by atoms with van der Waals surface area (Å²) in [4.78, 5) is 47.6. The molecule has 0 N–H and O–H groups in total. The number of carbonyl (C=O) groups is 2. The molecule has 244 valence electrons. The zero-order chi connectivity index (χ0) is 33.9. The minimum absolute atomic E-state index is 0.0229. The number of aliphatic imine (C=N–C) groups is 1. The Labute approximate surface area is 281 Å². The Balaban J connectivity index is 1.34. The van der Waals surface area contributed by atoms with Gasteiger partial charge in [-0.1, -0.05) is 46.3 Å². The van der Waals surface area contributed by atoms with Crippen molar-refractivity contribution in [1.82, 2.24) is 24.0 Å². The molecular formula is C35H28BrF3N6O3. The lowest BCUT2D eigenvalue weighted by molar-refractivity contribution is -0.138. The molecule has 13 heteroatoms. The first-order valence-electron chi connectivity index (χ1n) is 15.2. The monoisotopic (exact) mass is 716 g/mol. The number of benzene rings is 3. The van der Waals surface area contributed by atoms with Crippen LogP contribution in [0.5, 0.6) is 0 Å². The third-order valence-corrected chi connectivity index (χ3v) is 9.59. The lowest BCUT2D eigenvalue weighted by Crippen LogP contribution is -2.46. The third-order valence-electron chi connectivity index (χ3n) is 8.90. The van der Waals surface area contributed by atoms with Crippen LogP contribution in [0.3, 0.4) is 0 Å². The summed E-state index contributed by atoms with van der Waals surface area (Å²) in [5.74, 6) is -0.126. The van der Waals surface area contributed by atoms with Crippen LogP contribution in [0.25, 0.3) is 11.3 Å². The standard InChI is InChI=1S/C35H28BrF3N6O3/c1-20-14-26-29(19-43(20)33(47)23-10-13-28(36)27(16-23)35(37,38)39)45-32(24(17-41-45)15-21-6-4-3-5-7-21)44(34(26)48)25-11-8-22(9-12-25)31-40-18-30(46)42(31)2/h3-13,16-17,20H,14-15,18-19H2,1-2H3/t20-/m1/s1. The number of amides is 2. The Hall–Kier alpha value is -5.04. The summed E-state index contributed by atoms with van der Waals surface area (Å²) in [7, 11) is 1.67. The van der Waals surface area contributed by atoms with Crippen molar-refractivity contribution in [2.75, 3.05) is 13.6 Å². The van der Waals surface area contributed by atoms with Crippen molar-refractivity contribution in [2.45, 2.75) is 38.5 Å². The maximum Gasteiger partial charge on any atom is 0.417 e. The molecule has 0 unspecified atom stereocenters. The second-order valence-electron chi connectivity index (χ2n) is 12.0. The van der Waals surface area contributed by atoms with Crippen LogP contribution in [0, 0.1) is 0 Å². The smallest absolute Gasteiger partial charge is 0.330 e. The Morgan fingerprint density at radius 2 is 1.75 bits per heavy atom. The highest BCUT2D eigenvalue weighted by Gasteiger charge is 2.36. The molecule has 2 aliphatic rings. The van der Waals surface area contributed by atoms with Crippen molar-refractivity contribution in [3.63, 3.8) is 0 Å². The number of aromatic nitrogens is 3. The molecule has 0 fully saturated rings. The molecule has 0 radical (unpaired) electrons. The minimum atomic E-state index is -4.65. The molecule has 2 amide bonds. The lowest BCUT2D eigenvalue weighted by atomic mass is 9.97. The average molecular weight is 718 g/mol. The molecule has 4 heterocycles. The van der Waals surface area contributed by atoms with E-state index in [1.54, 1.807) is 41.4 Å². The number of carbonyl (C=O) groups excluding carboxylic acids is 2. The Kier molecular flexibility index (Phi) is 7.81. The Morgan fingerprint density at radius 3 is 2.42 bits per heavy atom. The fraction of sp³-hybridized carbons (Fsp3) is 0.229. The summed E-state index contributed by atoms with van der Waals surface area (Å²) in [5, 5.41) is 4.70. The van der Waals surface area contributed by atoms with E-state index < -0.39 is 23.7 Å². The van der Waals surface area contributed by atoms with Gasteiger partial charge in [-0.2, -0.15) is 18.3 Å². The van der Waals surface area contributed by atoms with Gasteiger partial charge in [0, 0.05) is 46.2 Å². The molecule has 2 aliphatic heterocycles. The number of nitrogens with zero attached hydrogens (tertiary/aromatic N) is 6. The van der Waals surface area contributed by atoms with Crippen LogP contribution < -0.4 is 5.56 Å². The molecule has 0 saturated heterocycles. The molecular weight excluding hydrogens is 689 g/mol. The van der Waals surface area contributed by atoms with Crippen molar-refractivity contribution < 1.29 is 22.8 Å². The lowest BCUT2D eigenvalue weighted by Gasteiger charge is -2.35. The largest absolute Gasteiger partial charge is 0.417 e. The summed E-state index contributed by atoms with van der Waals surface area (Å²) in [5.41, 5.74) is 3.27. The number of likely N-dealkylation sites (N-methyl/N-ethyl adjacent to an activating group) is 1. The fourth-order valence-corrected chi connectivity index (χ4v) is 6.87. The maximum atomic E-state index is 14.5. The van der Waals surface area contributed by atoms with Crippen molar-refractivity contribution >= 4 is 39.2 Å². The first-order chi connectivity index (χ1) is 22.9. The van der Waals surface area contributed by atoms with E-state index >= 15 is 0 Å². The summed E-state index contributed by atoms with van der Waals surface area (Å²) < 4.78 is 44.2. The Morgan fingerprint density at radius 1 is 1.02 bits per heavy atom. The van der Waals surface area contributed by atoms with Crippen LogP contribution in [0.1, 0.15) is 50.8 Å². The van der Waals surface area contributed by atoms with Gasteiger partial charge in [0.2, 0.25) is 5.91 Å². The van der Waals surface area contributed by atoms with E-state index in [9.17, 15) is 27.6 Å². The third kappa shape index (κ3) is 5.41. The van der Waals surface area contributed by atoms with E-state index in [-0.39, 0.29) is 41.0 Å². The van der Waals surface area contributed by atoms with Crippen LogP contribution in [0.2, 0.25) is 0 Å². The molecule has 2 aromatic heterocycles. The average Bonchev–Trinajstić information content (AvgIpc) is 3.63. The van der Waals surface area contributed by atoms with E-state index in [0.717, 1.165) is 22.8 Å². The van der Waals surface area contributed by atoms with Gasteiger partial charge < -0.3 is 4.90 Å². The molecule has 48 heavy (non-hydrogen) atoms. The van der Waals surface area contributed by atoms with Crippen LogP contribution in [-0.2, 0) is 30.4 Å². The van der Waals surface area contributed by atoms with E-state index in [1.165, 1.54) is 21.9 Å². The van der Waals surface area contributed by atoms with Crippen LogP contribution in [0.4, 0.5) is 13.2 Å². The van der Waals surface area contributed by atoms with Gasteiger partial charge in [0.15, 0.2) is 0 Å². The first kappa shape index (κ1) is 31.6. The quantitative estimate of drug-likeness (QED) is 0.235. The van der Waals surface area contributed by atoms with Crippen molar-refractivity contribution in [3.8, 4) is 5.69 Å². The Bertz CT molecular complexity index is 2190. The van der Waals surface area contributed by atoms with Crippen molar-refractivity contribution in [2.24, 2.45) is 4.99 Å². The zero-order valence-corrected chi connectivity index (χ0v) is 27.4. The second-order valence-corrected chi connectivity index (χ2v) is 12.8. The van der Waals surface area contributed by atoms with Gasteiger partial charge in [-0.25, -0.2) is 4.52 Å². The van der Waals surface area contributed by atoms with E-state index in [2.05, 4.69) is 20.9 Å². The minimum Gasteiger partial charge on any atom is -0.330 e. The summed E-state index contributed by atoms with van der Waals surface area (Å²) in [6, 6.07) is 19.9. The molecule has 1 atom stereocenters. The van der Waals surface area contributed by atoms with Crippen LogP contribution in [0.15, 0.2) is 93.3 Å². The van der Waals surface area contributed by atoms with Gasteiger partial charge in [0.25, 0.3) is 11.5 Å². The number of rotatable bonds is 5. The van der Waals surface area contributed by atoms with Gasteiger partial charge in [-0.15, -0.1) is 0 Å². The summed E-state index contributed by atoms with van der Waals surface area (Å²) >= 11 is 2.94. The van der Waals surface area contributed by atoms with Gasteiger partial charge in [-0.3, -0.25) is 28.8 Å². The number of alkyl halides is 3. The van der Waals surface area contributed by atoms with E-state index in [1.807, 2.05) is 42.5 Å².